The quantitative estimate of drug-likeness (QED) is 0.217. The first-order valence-electron chi connectivity index (χ1n) is 14.6. The summed E-state index contributed by atoms with van der Waals surface area (Å²) in [6.45, 7) is 6.84. The van der Waals surface area contributed by atoms with Gasteiger partial charge in [-0.15, -0.1) is 0 Å². The van der Waals surface area contributed by atoms with Crippen LogP contribution in [0.25, 0.3) is 28.9 Å². The van der Waals surface area contributed by atoms with Crippen molar-refractivity contribution >= 4 is 17.7 Å². The van der Waals surface area contributed by atoms with Crippen LogP contribution in [0, 0.1) is 6.92 Å². The van der Waals surface area contributed by atoms with E-state index in [4.69, 9.17) is 0 Å². The smallest absolute Gasteiger partial charge is 0.0290 e. The summed E-state index contributed by atoms with van der Waals surface area (Å²) in [6, 6.07) is 38.2. The minimum atomic E-state index is 0.240. The predicted molar refractivity (Wildman–Crippen MR) is 170 cm³/mol. The van der Waals surface area contributed by atoms with Crippen LogP contribution in [-0.2, 0) is 12.8 Å². The Morgan fingerprint density at radius 1 is 0.650 bits per heavy atom. The Labute approximate surface area is 237 Å². The standard InChI is InChI=1S/C40H34/c1-4-27-19-21-33-31(23-27)24-36-35(33)25-37(39(28-14-8-6-9-15-28)29-16-10-7-11-17-29)32(5-2)40(36)34-22-20-30-18-12-13-26(3)38(30)34/h6-25,34H,4-5H2,1-3H3. The highest BCUT2D eigenvalue weighted by atomic mass is 14.3. The van der Waals surface area contributed by atoms with Gasteiger partial charge in [-0.05, 0) is 109 Å². The minimum absolute atomic E-state index is 0.240. The van der Waals surface area contributed by atoms with Gasteiger partial charge in [-0.25, -0.2) is 0 Å². The molecule has 0 saturated carbocycles. The van der Waals surface area contributed by atoms with E-state index in [1.165, 1.54) is 77.2 Å². The van der Waals surface area contributed by atoms with E-state index in [2.05, 4.69) is 142 Å². The molecule has 0 nitrogen and oxygen atoms in total. The number of aryl methyl sites for hydroxylation is 2. The van der Waals surface area contributed by atoms with Gasteiger partial charge in [0.2, 0.25) is 0 Å². The maximum atomic E-state index is 2.50. The van der Waals surface area contributed by atoms with Crippen LogP contribution in [0.15, 0.2) is 109 Å². The molecule has 0 N–H and O–H groups in total. The molecule has 40 heavy (non-hydrogen) atoms. The van der Waals surface area contributed by atoms with Crippen molar-refractivity contribution in [3.8, 4) is 11.1 Å². The lowest BCUT2D eigenvalue weighted by Gasteiger charge is -2.22. The molecule has 0 heterocycles. The van der Waals surface area contributed by atoms with Crippen LogP contribution in [-0.4, -0.2) is 0 Å². The van der Waals surface area contributed by atoms with E-state index < -0.39 is 0 Å². The van der Waals surface area contributed by atoms with Crippen LogP contribution >= 0.6 is 0 Å². The van der Waals surface area contributed by atoms with Gasteiger partial charge in [-0.1, -0.05) is 123 Å². The van der Waals surface area contributed by atoms with E-state index in [1.54, 1.807) is 0 Å². The third kappa shape index (κ3) is 3.90. The number of allylic oxidation sites excluding steroid dienone is 1. The molecule has 0 saturated heterocycles. The van der Waals surface area contributed by atoms with Gasteiger partial charge >= 0.3 is 0 Å². The zero-order valence-corrected chi connectivity index (χ0v) is 23.5. The molecule has 1 unspecified atom stereocenters. The van der Waals surface area contributed by atoms with E-state index in [0.29, 0.717) is 0 Å². The van der Waals surface area contributed by atoms with E-state index >= 15 is 0 Å². The van der Waals surface area contributed by atoms with Gasteiger partial charge in [-0.2, -0.15) is 0 Å². The molecule has 0 amide bonds. The average Bonchev–Trinajstić information content (AvgIpc) is 3.59. The van der Waals surface area contributed by atoms with Crippen LogP contribution in [0.4, 0.5) is 0 Å². The molecular weight excluding hydrogens is 480 g/mol. The molecule has 2 aliphatic carbocycles. The minimum Gasteiger partial charge on any atom is -0.0720 e. The summed E-state index contributed by atoms with van der Waals surface area (Å²) in [7, 11) is 0. The van der Waals surface area contributed by atoms with Crippen molar-refractivity contribution in [1.29, 1.82) is 0 Å². The normalized spacial score (nSPS) is 14.4. The van der Waals surface area contributed by atoms with Gasteiger partial charge in [0.15, 0.2) is 0 Å². The molecule has 0 spiro atoms. The van der Waals surface area contributed by atoms with Crippen molar-refractivity contribution < 1.29 is 0 Å². The lowest BCUT2D eigenvalue weighted by molar-refractivity contribution is 0.958. The third-order valence-electron chi connectivity index (χ3n) is 8.83. The van der Waals surface area contributed by atoms with Gasteiger partial charge in [0.25, 0.3) is 0 Å². The maximum absolute atomic E-state index is 2.50. The Hall–Kier alpha value is -4.42. The Morgan fingerprint density at radius 2 is 1.38 bits per heavy atom. The van der Waals surface area contributed by atoms with Gasteiger partial charge in [-0.3, -0.25) is 0 Å². The first-order valence-corrected chi connectivity index (χ1v) is 14.6. The number of hydrogen-bond donors (Lipinski definition) is 0. The fourth-order valence-electron chi connectivity index (χ4n) is 6.95. The molecule has 194 valence electrons. The fraction of sp³-hybridized carbons (Fsp3) is 0.150. The molecule has 5 aromatic carbocycles. The van der Waals surface area contributed by atoms with E-state index in [-0.39, 0.29) is 5.92 Å². The molecule has 5 aromatic rings. The van der Waals surface area contributed by atoms with Crippen molar-refractivity contribution in [2.45, 2.75) is 39.5 Å². The van der Waals surface area contributed by atoms with Crippen molar-refractivity contribution in [3.63, 3.8) is 0 Å². The third-order valence-corrected chi connectivity index (χ3v) is 8.83. The number of hydrogen-bond acceptors (Lipinski definition) is 0. The maximum Gasteiger partial charge on any atom is 0.0290 e. The average molecular weight is 515 g/mol. The lowest BCUT2D eigenvalue weighted by Crippen LogP contribution is -2.27. The van der Waals surface area contributed by atoms with Gasteiger partial charge in [0.05, 0.1) is 0 Å². The Morgan fingerprint density at radius 3 is 2.05 bits per heavy atom. The van der Waals surface area contributed by atoms with Gasteiger partial charge < -0.3 is 0 Å². The van der Waals surface area contributed by atoms with Gasteiger partial charge in [0.1, 0.15) is 0 Å². The highest BCUT2D eigenvalue weighted by Gasteiger charge is 2.28. The zero-order chi connectivity index (χ0) is 27.2. The van der Waals surface area contributed by atoms with Crippen molar-refractivity contribution in [2.75, 3.05) is 0 Å². The summed E-state index contributed by atoms with van der Waals surface area (Å²) >= 11 is 0. The molecular formula is C40H34. The van der Waals surface area contributed by atoms with E-state index in [9.17, 15) is 0 Å². The molecule has 0 aromatic heterocycles. The molecule has 0 radical (unpaired) electrons. The summed E-state index contributed by atoms with van der Waals surface area (Å²) in [4.78, 5) is 0. The summed E-state index contributed by atoms with van der Waals surface area (Å²) < 4.78 is 0. The number of rotatable bonds is 5. The summed E-state index contributed by atoms with van der Waals surface area (Å²) in [5.74, 6) is 0.240. The lowest BCUT2D eigenvalue weighted by atomic mass is 9.81. The van der Waals surface area contributed by atoms with Crippen LogP contribution in [0.3, 0.4) is 0 Å². The molecule has 0 heteroatoms. The highest BCUT2D eigenvalue weighted by Crippen LogP contribution is 2.39. The Bertz CT molecular complexity index is 1860. The Balaban J connectivity index is 1.66. The second-order valence-electron chi connectivity index (χ2n) is 11.1. The largest absolute Gasteiger partial charge is 0.0720 e. The van der Waals surface area contributed by atoms with Gasteiger partial charge in [0, 0.05) is 5.92 Å². The summed E-state index contributed by atoms with van der Waals surface area (Å²) in [6.07, 6.45) is 9.26. The fourth-order valence-corrected chi connectivity index (χ4v) is 6.95. The first-order chi connectivity index (χ1) is 19.7. The van der Waals surface area contributed by atoms with E-state index in [0.717, 1.165) is 12.8 Å². The molecule has 0 fully saturated rings. The summed E-state index contributed by atoms with van der Waals surface area (Å²) in [5.41, 5.74) is 16.4. The zero-order valence-electron chi connectivity index (χ0n) is 23.5. The van der Waals surface area contributed by atoms with Crippen LogP contribution in [0.2, 0.25) is 0 Å². The first kappa shape index (κ1) is 24.6. The molecule has 1 atom stereocenters. The van der Waals surface area contributed by atoms with Crippen molar-refractivity contribution in [2.24, 2.45) is 0 Å². The highest BCUT2D eigenvalue weighted by molar-refractivity contribution is 5.88. The molecule has 2 aliphatic rings. The van der Waals surface area contributed by atoms with Crippen molar-refractivity contribution in [3.05, 3.63) is 170 Å². The molecule has 0 aliphatic heterocycles. The second kappa shape index (κ2) is 9.96. The molecule has 0 bridgehead atoms. The van der Waals surface area contributed by atoms with E-state index in [1.807, 2.05) is 0 Å². The number of benzene rings is 5. The monoisotopic (exact) mass is 514 g/mol. The predicted octanol–water partition coefficient (Wildman–Crippen LogP) is 8.34. The van der Waals surface area contributed by atoms with Crippen LogP contribution < -0.4 is 10.4 Å². The Kier molecular flexibility index (Phi) is 6.13. The molecule has 7 rings (SSSR count). The van der Waals surface area contributed by atoms with Crippen LogP contribution in [0.1, 0.15) is 69.8 Å². The second-order valence-corrected chi connectivity index (χ2v) is 11.1. The van der Waals surface area contributed by atoms with Crippen LogP contribution in [0.5, 0.6) is 0 Å². The summed E-state index contributed by atoms with van der Waals surface area (Å²) in [5, 5.41) is 2.75. The SMILES string of the molecule is CCc1ccc2c(c1)C=c1c-2cc(=C(c2ccccc2)c2ccccc2)c(CC)c1C1C=Cc2cccc(C)c21. The topological polar surface area (TPSA) is 0 Å². The van der Waals surface area contributed by atoms with Crippen molar-refractivity contribution in [1.82, 2.24) is 0 Å². The number of fused-ring (bicyclic) bond motifs is 4.